The molecule has 0 bridgehead atoms. The van der Waals surface area contributed by atoms with Crippen LogP contribution in [0.5, 0.6) is 0 Å². The highest BCUT2D eigenvalue weighted by atomic mass is 32.2. The van der Waals surface area contributed by atoms with Crippen LogP contribution in [0, 0.1) is 0 Å². The van der Waals surface area contributed by atoms with Crippen LogP contribution in [0.3, 0.4) is 0 Å². The molecule has 2 N–H and O–H groups in total. The molecule has 0 spiro atoms. The van der Waals surface area contributed by atoms with E-state index in [9.17, 15) is 19.2 Å². The topological polar surface area (TPSA) is 118 Å². The van der Waals surface area contributed by atoms with Gasteiger partial charge < -0.3 is 15.4 Å². The van der Waals surface area contributed by atoms with Crippen LogP contribution in [-0.2, 0) is 30.3 Å². The molecule has 7 rings (SSSR count). The number of anilines is 1. The van der Waals surface area contributed by atoms with E-state index >= 15 is 0 Å². The molecule has 1 saturated heterocycles. The molecule has 12 heteroatoms. The molecule has 0 aliphatic carbocycles. The van der Waals surface area contributed by atoms with E-state index in [0.717, 1.165) is 31.5 Å². The Kier molecular flexibility index (Phi) is 9.43. The number of carbonyl (C=O) groups excluding carboxylic acids is 4. The largest absolute Gasteiger partial charge is 0.448 e. The van der Waals surface area contributed by atoms with Crippen LogP contribution in [-0.4, -0.2) is 50.7 Å². The predicted molar refractivity (Wildman–Crippen MR) is 193 cm³/mol. The first-order valence-electron chi connectivity index (χ1n) is 15.5. The molecule has 9 nitrogen and oxygen atoms in total. The second kappa shape index (κ2) is 14.2. The molecule has 3 aromatic carbocycles. The summed E-state index contributed by atoms with van der Waals surface area (Å²) >= 11 is 4.38. The Hall–Kier alpha value is -5.04. The highest BCUT2D eigenvalue weighted by Gasteiger charge is 2.55. The maximum atomic E-state index is 14.4. The van der Waals surface area contributed by atoms with Gasteiger partial charge in [-0.25, -0.2) is 9.78 Å². The summed E-state index contributed by atoms with van der Waals surface area (Å²) in [6, 6.07) is 29.3. The smallest absolute Gasteiger partial charge is 0.356 e. The van der Waals surface area contributed by atoms with E-state index in [1.54, 1.807) is 18.3 Å². The highest BCUT2D eigenvalue weighted by Crippen LogP contribution is 2.46. The molecular weight excluding hydrogens is 677 g/mol. The zero-order valence-electron chi connectivity index (χ0n) is 26.2. The minimum atomic E-state index is -0.764. The zero-order chi connectivity index (χ0) is 33.9. The second-order valence-corrected chi connectivity index (χ2v) is 14.6. The van der Waals surface area contributed by atoms with Gasteiger partial charge in [-0.05, 0) is 46.8 Å². The molecule has 0 saturated carbocycles. The van der Waals surface area contributed by atoms with Gasteiger partial charge >= 0.3 is 5.97 Å². The number of β-lactam (4-membered cyclic amide) rings is 1. The van der Waals surface area contributed by atoms with Crippen LogP contribution < -0.4 is 10.6 Å². The van der Waals surface area contributed by atoms with E-state index in [1.165, 1.54) is 46.3 Å². The third-order valence-electron chi connectivity index (χ3n) is 8.08. The molecule has 2 aliphatic rings. The van der Waals surface area contributed by atoms with Crippen molar-refractivity contribution in [3.63, 3.8) is 0 Å². The van der Waals surface area contributed by atoms with Crippen LogP contribution in [0.1, 0.15) is 33.9 Å². The average Bonchev–Trinajstić information content (AvgIpc) is 3.83. The van der Waals surface area contributed by atoms with Gasteiger partial charge in [-0.1, -0.05) is 66.7 Å². The van der Waals surface area contributed by atoms with E-state index in [0.29, 0.717) is 17.0 Å². The molecule has 2 atom stereocenters. The van der Waals surface area contributed by atoms with Gasteiger partial charge in [0.1, 0.15) is 22.1 Å². The van der Waals surface area contributed by atoms with Crippen molar-refractivity contribution >= 4 is 69.4 Å². The first kappa shape index (κ1) is 32.5. The predicted octanol–water partition coefficient (Wildman–Crippen LogP) is 6.52. The molecular formula is C37H30N4O5S3. The fourth-order valence-electron chi connectivity index (χ4n) is 5.79. The van der Waals surface area contributed by atoms with Gasteiger partial charge in [-0.3, -0.25) is 19.3 Å². The summed E-state index contributed by atoms with van der Waals surface area (Å²) in [6.07, 6.45) is 1.18. The van der Waals surface area contributed by atoms with Crippen molar-refractivity contribution in [1.29, 1.82) is 0 Å². The van der Waals surface area contributed by atoms with E-state index in [2.05, 4.69) is 15.6 Å². The summed E-state index contributed by atoms with van der Waals surface area (Å²) in [5.41, 5.74) is 3.91. The van der Waals surface area contributed by atoms with Crippen LogP contribution in [0.15, 0.2) is 114 Å². The zero-order valence-corrected chi connectivity index (χ0v) is 28.6. The van der Waals surface area contributed by atoms with Gasteiger partial charge in [0, 0.05) is 40.6 Å². The van der Waals surface area contributed by atoms with Crippen LogP contribution in [0.25, 0.3) is 16.1 Å². The number of thiazole rings is 1. The fourth-order valence-corrected chi connectivity index (χ4v) is 8.91. The van der Waals surface area contributed by atoms with Gasteiger partial charge in [0.2, 0.25) is 11.8 Å². The molecule has 2 aromatic heterocycles. The molecule has 246 valence electrons. The number of carbonyl (C=O) groups is 4. The number of amides is 3. The SMILES string of the molecule is CC(=O)Nc1ccc(-c2ncc(C3=C(C(=O)OC(c4ccccc4)c4ccccc4)N4C(=O)C(NC(=O)Cc5cccs5)C4SC3)s2)cc1. The summed E-state index contributed by atoms with van der Waals surface area (Å²) in [6.45, 7) is 1.45. The Labute approximate surface area is 295 Å². The number of fused-ring (bicyclic) bond motifs is 1. The number of aromatic nitrogens is 1. The van der Waals surface area contributed by atoms with Crippen molar-refractivity contribution in [3.05, 3.63) is 135 Å². The van der Waals surface area contributed by atoms with Crippen molar-refractivity contribution in [2.24, 2.45) is 0 Å². The van der Waals surface area contributed by atoms with Crippen molar-refractivity contribution in [1.82, 2.24) is 15.2 Å². The Bertz CT molecular complexity index is 1990. The molecule has 1 fully saturated rings. The molecule has 3 amide bonds. The Morgan fingerprint density at radius 2 is 1.63 bits per heavy atom. The van der Waals surface area contributed by atoms with E-state index < -0.39 is 23.5 Å². The maximum absolute atomic E-state index is 14.4. The highest BCUT2D eigenvalue weighted by molar-refractivity contribution is 8.00. The summed E-state index contributed by atoms with van der Waals surface area (Å²) in [5.74, 6) is -0.999. The number of nitrogens with zero attached hydrogens (tertiary/aromatic N) is 2. The van der Waals surface area contributed by atoms with Crippen molar-refractivity contribution < 1.29 is 23.9 Å². The standard InChI is InChI=1S/C37H30N4O5S3/c1-22(42)39-26-16-14-25(15-17-26)34-38-20-29(49-34)28-21-48-36-31(40-30(43)19-27-13-8-18-47-27)35(44)41(36)32(28)37(45)46-33(23-9-4-2-5-10-23)24-11-6-3-7-12-24/h2-18,20,31,33,36H,19,21H2,1H3,(H,39,42)(H,40,43). The first-order chi connectivity index (χ1) is 23.9. The number of hydrogen-bond donors (Lipinski definition) is 2. The molecule has 2 unspecified atom stereocenters. The molecule has 5 aromatic rings. The lowest BCUT2D eigenvalue weighted by Crippen LogP contribution is -2.70. The summed E-state index contributed by atoms with van der Waals surface area (Å²) in [5, 5.41) is 7.82. The minimum absolute atomic E-state index is 0.157. The van der Waals surface area contributed by atoms with Crippen molar-refractivity contribution in [3.8, 4) is 10.6 Å². The Balaban J connectivity index is 1.22. The van der Waals surface area contributed by atoms with E-state index in [4.69, 9.17) is 4.74 Å². The lowest BCUT2D eigenvalue weighted by molar-refractivity contribution is -0.154. The van der Waals surface area contributed by atoms with Crippen LogP contribution in [0.2, 0.25) is 0 Å². The number of hydrogen-bond acceptors (Lipinski definition) is 9. The number of thioether (sulfide) groups is 1. The van der Waals surface area contributed by atoms with E-state index in [-0.39, 0.29) is 29.8 Å². The lowest BCUT2D eigenvalue weighted by Gasteiger charge is -2.49. The Morgan fingerprint density at radius 1 is 0.939 bits per heavy atom. The van der Waals surface area contributed by atoms with Gasteiger partial charge in [-0.2, -0.15) is 0 Å². The normalized spacial score (nSPS) is 16.9. The Morgan fingerprint density at radius 3 is 2.27 bits per heavy atom. The van der Waals surface area contributed by atoms with Crippen molar-refractivity contribution in [2.75, 3.05) is 11.1 Å². The fraction of sp³-hybridized carbons (Fsp3) is 0.162. The average molecular weight is 707 g/mol. The van der Waals surface area contributed by atoms with Gasteiger partial charge in [0.15, 0.2) is 6.10 Å². The quantitative estimate of drug-likeness (QED) is 0.126. The number of rotatable bonds is 10. The molecule has 49 heavy (non-hydrogen) atoms. The second-order valence-electron chi connectivity index (χ2n) is 11.4. The number of esters is 1. The lowest BCUT2D eigenvalue weighted by atomic mass is 10.0. The number of thiophene rings is 1. The molecule has 0 radical (unpaired) electrons. The molecule has 4 heterocycles. The number of nitrogens with one attached hydrogen (secondary N) is 2. The summed E-state index contributed by atoms with van der Waals surface area (Å²) in [7, 11) is 0. The van der Waals surface area contributed by atoms with E-state index in [1.807, 2.05) is 90.3 Å². The monoisotopic (exact) mass is 706 g/mol. The maximum Gasteiger partial charge on any atom is 0.356 e. The third-order valence-corrected chi connectivity index (χ3v) is 11.3. The third kappa shape index (κ3) is 6.93. The number of ether oxygens (including phenoxy) is 1. The minimum Gasteiger partial charge on any atom is -0.448 e. The van der Waals surface area contributed by atoms with Gasteiger partial charge in [0.05, 0.1) is 11.3 Å². The summed E-state index contributed by atoms with van der Waals surface area (Å²) < 4.78 is 6.30. The van der Waals surface area contributed by atoms with Crippen LogP contribution in [0.4, 0.5) is 5.69 Å². The van der Waals surface area contributed by atoms with Gasteiger partial charge in [0.25, 0.3) is 5.91 Å². The first-order valence-corrected chi connectivity index (χ1v) is 18.2. The van der Waals surface area contributed by atoms with Crippen molar-refractivity contribution in [2.45, 2.75) is 30.9 Å². The van der Waals surface area contributed by atoms with Gasteiger partial charge in [-0.15, -0.1) is 34.4 Å². The summed E-state index contributed by atoms with van der Waals surface area (Å²) in [4.78, 5) is 60.3. The number of benzene rings is 3. The molecule has 2 aliphatic heterocycles. The van der Waals surface area contributed by atoms with Crippen LogP contribution >= 0.6 is 34.4 Å².